The van der Waals surface area contributed by atoms with Crippen molar-refractivity contribution in [1.82, 2.24) is 0 Å². The molecular formula is C14H28N2O4. The van der Waals surface area contributed by atoms with Gasteiger partial charge in [0, 0.05) is 12.1 Å². The van der Waals surface area contributed by atoms with Crippen LogP contribution < -0.4 is 11.5 Å². The highest BCUT2D eigenvalue weighted by Gasteiger charge is 1.96. The number of hydrogen-bond donors (Lipinski definition) is 2. The third-order valence-corrected chi connectivity index (χ3v) is 1.83. The maximum absolute atomic E-state index is 10.0. The van der Waals surface area contributed by atoms with Crippen molar-refractivity contribution in [3.8, 4) is 0 Å². The largest absolute Gasteiger partial charge is 0.327 e. The van der Waals surface area contributed by atoms with Crippen LogP contribution >= 0.6 is 0 Å². The molecule has 0 aliphatic carbocycles. The summed E-state index contributed by atoms with van der Waals surface area (Å²) in [6.07, 6.45) is 0.167. The quantitative estimate of drug-likeness (QED) is 0.721. The SMILES string of the molecule is CC(=O)CC(C)=O.CC(=O)CC(C)=O.CC(N)C(C)N. The van der Waals surface area contributed by atoms with Crippen molar-refractivity contribution in [3.63, 3.8) is 0 Å². The van der Waals surface area contributed by atoms with E-state index >= 15 is 0 Å². The van der Waals surface area contributed by atoms with E-state index in [4.69, 9.17) is 11.5 Å². The zero-order valence-electron chi connectivity index (χ0n) is 13.4. The van der Waals surface area contributed by atoms with Gasteiger partial charge in [-0.1, -0.05) is 0 Å². The zero-order valence-corrected chi connectivity index (χ0v) is 13.4. The summed E-state index contributed by atoms with van der Waals surface area (Å²) in [6.45, 7) is 9.40. The number of nitrogens with two attached hydrogens (primary N) is 2. The van der Waals surface area contributed by atoms with Gasteiger partial charge in [-0.3, -0.25) is 19.2 Å². The van der Waals surface area contributed by atoms with Crippen molar-refractivity contribution in [2.24, 2.45) is 11.5 Å². The van der Waals surface area contributed by atoms with Gasteiger partial charge in [0.2, 0.25) is 0 Å². The lowest BCUT2D eigenvalue weighted by molar-refractivity contribution is -0.126. The molecule has 0 aliphatic rings. The van der Waals surface area contributed by atoms with Crippen LogP contribution in [0.1, 0.15) is 54.4 Å². The molecule has 0 aliphatic heterocycles. The average Bonchev–Trinajstić information content (AvgIpc) is 2.13. The minimum atomic E-state index is -0.0625. The summed E-state index contributed by atoms with van der Waals surface area (Å²) < 4.78 is 0. The smallest absolute Gasteiger partial charge is 0.137 e. The first-order chi connectivity index (χ1) is 8.89. The van der Waals surface area contributed by atoms with Gasteiger partial charge in [-0.05, 0) is 41.5 Å². The van der Waals surface area contributed by atoms with Gasteiger partial charge in [0.05, 0.1) is 12.8 Å². The Kier molecular flexibility index (Phi) is 16.6. The summed E-state index contributed by atoms with van der Waals surface area (Å²) in [6, 6.07) is 0.259. The van der Waals surface area contributed by atoms with E-state index in [0.29, 0.717) is 0 Å². The summed E-state index contributed by atoms with van der Waals surface area (Å²) >= 11 is 0. The van der Waals surface area contributed by atoms with E-state index in [2.05, 4.69) is 0 Å². The van der Waals surface area contributed by atoms with Crippen molar-refractivity contribution in [2.45, 2.75) is 66.5 Å². The first kappa shape index (κ1) is 23.7. The number of rotatable bonds is 5. The monoisotopic (exact) mass is 288 g/mol. The fraction of sp³-hybridized carbons (Fsp3) is 0.714. The van der Waals surface area contributed by atoms with Gasteiger partial charge < -0.3 is 11.5 Å². The molecule has 0 fully saturated rings. The molecule has 0 amide bonds. The third-order valence-electron chi connectivity index (χ3n) is 1.83. The van der Waals surface area contributed by atoms with Crippen molar-refractivity contribution in [2.75, 3.05) is 0 Å². The minimum absolute atomic E-state index is 0.0625. The van der Waals surface area contributed by atoms with Crippen LogP contribution in [0, 0.1) is 0 Å². The van der Waals surface area contributed by atoms with Crippen LogP contribution in [-0.4, -0.2) is 35.2 Å². The van der Waals surface area contributed by atoms with Crippen molar-refractivity contribution in [3.05, 3.63) is 0 Å². The Balaban J connectivity index is -0.000000218. The molecule has 20 heavy (non-hydrogen) atoms. The second-order valence-electron chi connectivity index (χ2n) is 4.88. The van der Waals surface area contributed by atoms with Gasteiger partial charge in [0.1, 0.15) is 23.1 Å². The molecule has 0 spiro atoms. The molecule has 0 aromatic rings. The van der Waals surface area contributed by atoms with Crippen molar-refractivity contribution in [1.29, 1.82) is 0 Å². The Labute approximate surface area is 121 Å². The van der Waals surface area contributed by atoms with Crippen LogP contribution in [0.4, 0.5) is 0 Å². The Hall–Kier alpha value is -1.40. The molecule has 6 heteroatoms. The van der Waals surface area contributed by atoms with Crippen LogP contribution in [0.5, 0.6) is 0 Å². The highest BCUT2D eigenvalue weighted by Crippen LogP contribution is 1.81. The van der Waals surface area contributed by atoms with Crippen LogP contribution in [-0.2, 0) is 19.2 Å². The maximum atomic E-state index is 10.0. The predicted octanol–water partition coefficient (Wildman–Crippen LogP) is 0.790. The van der Waals surface area contributed by atoms with Gasteiger partial charge in [-0.25, -0.2) is 0 Å². The van der Waals surface area contributed by atoms with Crippen LogP contribution in [0.15, 0.2) is 0 Å². The molecular weight excluding hydrogens is 260 g/mol. The molecule has 0 saturated heterocycles. The van der Waals surface area contributed by atoms with Gasteiger partial charge in [-0.15, -0.1) is 0 Å². The molecule has 0 radical (unpaired) electrons. The highest BCUT2D eigenvalue weighted by atomic mass is 16.2. The zero-order chi connectivity index (χ0) is 16.9. The van der Waals surface area contributed by atoms with Crippen LogP contribution in [0.25, 0.3) is 0 Å². The molecule has 0 saturated carbocycles. The Morgan fingerprint density at radius 3 is 0.800 bits per heavy atom. The molecule has 0 bridgehead atoms. The lowest BCUT2D eigenvalue weighted by Gasteiger charge is -2.06. The van der Waals surface area contributed by atoms with E-state index in [1.165, 1.54) is 27.7 Å². The molecule has 2 atom stereocenters. The molecule has 0 aromatic heterocycles. The van der Waals surface area contributed by atoms with Crippen LogP contribution in [0.3, 0.4) is 0 Å². The third kappa shape index (κ3) is 36.0. The Morgan fingerprint density at radius 1 is 0.650 bits per heavy atom. The number of Topliss-reactive ketones (excluding diaryl/α,β-unsaturated/α-hetero) is 4. The van der Waals surface area contributed by atoms with Gasteiger partial charge >= 0.3 is 0 Å². The normalized spacial score (nSPS) is 11.8. The van der Waals surface area contributed by atoms with Gasteiger partial charge in [0.15, 0.2) is 0 Å². The van der Waals surface area contributed by atoms with E-state index in [1.807, 2.05) is 13.8 Å². The highest BCUT2D eigenvalue weighted by molar-refractivity contribution is 5.97. The Bertz CT molecular complexity index is 267. The predicted molar refractivity (Wildman–Crippen MR) is 79.3 cm³/mol. The summed E-state index contributed by atoms with van der Waals surface area (Å²) in [5, 5.41) is 0. The second-order valence-corrected chi connectivity index (χ2v) is 4.88. The van der Waals surface area contributed by atoms with E-state index in [1.54, 1.807) is 0 Å². The van der Waals surface area contributed by atoms with E-state index < -0.39 is 0 Å². The van der Waals surface area contributed by atoms with Gasteiger partial charge in [-0.2, -0.15) is 0 Å². The van der Waals surface area contributed by atoms with E-state index in [9.17, 15) is 19.2 Å². The summed E-state index contributed by atoms with van der Waals surface area (Å²) in [4.78, 5) is 40.1. The van der Waals surface area contributed by atoms with E-state index in [-0.39, 0.29) is 48.1 Å². The first-order valence-corrected chi connectivity index (χ1v) is 6.39. The fourth-order valence-corrected chi connectivity index (χ4v) is 0.701. The first-order valence-electron chi connectivity index (χ1n) is 6.39. The molecule has 118 valence electrons. The minimum Gasteiger partial charge on any atom is -0.327 e. The molecule has 2 unspecified atom stereocenters. The standard InChI is InChI=1S/2C5H8O2.C4H12N2/c2*1-4(6)3-5(2)7;1-3(5)4(2)6/h2*3H2,1-2H3;3-4H,5-6H2,1-2H3. The summed E-state index contributed by atoms with van der Waals surface area (Å²) in [5.74, 6) is -0.250. The van der Waals surface area contributed by atoms with Gasteiger partial charge in [0.25, 0.3) is 0 Å². The molecule has 6 nitrogen and oxygen atoms in total. The second kappa shape index (κ2) is 14.0. The maximum Gasteiger partial charge on any atom is 0.137 e. The summed E-state index contributed by atoms with van der Waals surface area (Å²) in [7, 11) is 0. The molecule has 0 rings (SSSR count). The lowest BCUT2D eigenvalue weighted by atomic mass is 10.2. The molecule has 4 N–H and O–H groups in total. The summed E-state index contributed by atoms with van der Waals surface area (Å²) in [5.41, 5.74) is 10.6. The van der Waals surface area contributed by atoms with Crippen molar-refractivity contribution < 1.29 is 19.2 Å². The topological polar surface area (TPSA) is 120 Å². The number of carbonyl (C=O) groups is 4. The Morgan fingerprint density at radius 2 is 0.800 bits per heavy atom. The number of hydrogen-bond acceptors (Lipinski definition) is 6. The molecule has 0 heterocycles. The lowest BCUT2D eigenvalue weighted by Crippen LogP contribution is -2.35. The van der Waals surface area contributed by atoms with Crippen LogP contribution in [0.2, 0.25) is 0 Å². The molecule has 0 aromatic carbocycles. The fourth-order valence-electron chi connectivity index (χ4n) is 0.701. The number of carbonyl (C=O) groups excluding carboxylic acids is 4. The van der Waals surface area contributed by atoms with Crippen molar-refractivity contribution >= 4 is 23.1 Å². The average molecular weight is 288 g/mol. The number of ketones is 4. The van der Waals surface area contributed by atoms with E-state index in [0.717, 1.165) is 0 Å².